The van der Waals surface area contributed by atoms with Crippen LogP contribution in [0.3, 0.4) is 0 Å². The Balaban J connectivity index is 1.99. The lowest BCUT2D eigenvalue weighted by Gasteiger charge is -2.25. The first-order valence-electron chi connectivity index (χ1n) is 5.86. The van der Waals surface area contributed by atoms with Crippen LogP contribution in [-0.4, -0.2) is 31.1 Å². The maximum atomic E-state index is 12.4. The van der Waals surface area contributed by atoms with Gasteiger partial charge in [-0.2, -0.15) is 13.2 Å². The van der Waals surface area contributed by atoms with Gasteiger partial charge in [0.2, 0.25) is 0 Å². The lowest BCUT2D eigenvalue weighted by molar-refractivity contribution is -0.137. The number of rotatable bonds is 2. The molecule has 1 aliphatic heterocycles. The molecule has 0 aliphatic carbocycles. The molecule has 1 heterocycles. The molecule has 1 saturated heterocycles. The molecular formula is C13H15F3N2. The van der Waals surface area contributed by atoms with Crippen molar-refractivity contribution >= 4 is 6.08 Å². The molecular weight excluding hydrogens is 241 g/mol. The van der Waals surface area contributed by atoms with Crippen LogP contribution in [0.1, 0.15) is 11.1 Å². The zero-order chi connectivity index (χ0) is 13.0. The summed E-state index contributed by atoms with van der Waals surface area (Å²) < 4.78 is 37.1. The van der Waals surface area contributed by atoms with E-state index in [0.29, 0.717) is 0 Å². The van der Waals surface area contributed by atoms with E-state index in [4.69, 9.17) is 0 Å². The van der Waals surface area contributed by atoms with E-state index in [2.05, 4.69) is 10.2 Å². The predicted octanol–water partition coefficient (Wildman–Crippen LogP) is 2.58. The predicted molar refractivity (Wildman–Crippen MR) is 64.9 cm³/mol. The Morgan fingerprint density at radius 2 is 1.67 bits per heavy atom. The van der Waals surface area contributed by atoms with E-state index in [0.717, 1.165) is 43.9 Å². The van der Waals surface area contributed by atoms with Crippen molar-refractivity contribution in [2.45, 2.75) is 6.18 Å². The monoisotopic (exact) mass is 256 g/mol. The molecule has 18 heavy (non-hydrogen) atoms. The highest BCUT2D eigenvalue weighted by Gasteiger charge is 2.29. The standard InChI is InChI=1S/C13H15F3N2/c14-13(15,16)12-3-1-11(2-4-12)5-8-18-9-6-17-7-10-18/h1-5,8,17H,6-7,9-10H2. The summed E-state index contributed by atoms with van der Waals surface area (Å²) in [5, 5.41) is 3.24. The third-order valence-corrected chi connectivity index (χ3v) is 2.87. The van der Waals surface area contributed by atoms with Crippen molar-refractivity contribution in [1.29, 1.82) is 0 Å². The molecule has 0 radical (unpaired) electrons. The van der Waals surface area contributed by atoms with E-state index in [1.54, 1.807) is 0 Å². The van der Waals surface area contributed by atoms with E-state index >= 15 is 0 Å². The summed E-state index contributed by atoms with van der Waals surface area (Å²) in [7, 11) is 0. The quantitative estimate of drug-likeness (QED) is 0.875. The largest absolute Gasteiger partial charge is 0.416 e. The van der Waals surface area contributed by atoms with Crippen molar-refractivity contribution < 1.29 is 13.2 Å². The van der Waals surface area contributed by atoms with Gasteiger partial charge >= 0.3 is 6.18 Å². The minimum Gasteiger partial charge on any atom is -0.375 e. The van der Waals surface area contributed by atoms with Crippen LogP contribution >= 0.6 is 0 Å². The highest BCUT2D eigenvalue weighted by Crippen LogP contribution is 2.29. The number of alkyl halides is 3. The van der Waals surface area contributed by atoms with Gasteiger partial charge in [-0.3, -0.25) is 0 Å². The second-order valence-electron chi connectivity index (χ2n) is 4.22. The Morgan fingerprint density at radius 3 is 2.22 bits per heavy atom. The molecule has 1 aromatic carbocycles. The summed E-state index contributed by atoms with van der Waals surface area (Å²) >= 11 is 0. The van der Waals surface area contributed by atoms with Crippen LogP contribution < -0.4 is 5.32 Å². The van der Waals surface area contributed by atoms with Gasteiger partial charge in [0, 0.05) is 26.2 Å². The molecule has 0 amide bonds. The van der Waals surface area contributed by atoms with E-state index in [-0.39, 0.29) is 0 Å². The van der Waals surface area contributed by atoms with Crippen molar-refractivity contribution in [2.75, 3.05) is 26.2 Å². The Bertz CT molecular complexity index is 403. The van der Waals surface area contributed by atoms with Crippen LogP contribution in [-0.2, 0) is 6.18 Å². The first-order valence-corrected chi connectivity index (χ1v) is 5.86. The van der Waals surface area contributed by atoms with Crippen molar-refractivity contribution in [3.05, 3.63) is 41.6 Å². The van der Waals surface area contributed by atoms with E-state index in [1.165, 1.54) is 12.1 Å². The van der Waals surface area contributed by atoms with E-state index in [1.807, 2.05) is 12.3 Å². The zero-order valence-electron chi connectivity index (χ0n) is 9.87. The molecule has 1 fully saturated rings. The van der Waals surface area contributed by atoms with Gasteiger partial charge in [-0.05, 0) is 30.0 Å². The number of halogens is 3. The molecule has 0 bridgehead atoms. The maximum absolute atomic E-state index is 12.4. The first-order chi connectivity index (χ1) is 8.55. The highest BCUT2D eigenvalue weighted by molar-refractivity contribution is 5.49. The summed E-state index contributed by atoms with van der Waals surface area (Å²) in [5.74, 6) is 0. The lowest BCUT2D eigenvalue weighted by atomic mass is 10.1. The van der Waals surface area contributed by atoms with Crippen LogP contribution in [0.25, 0.3) is 6.08 Å². The molecule has 98 valence electrons. The smallest absolute Gasteiger partial charge is 0.375 e. The summed E-state index contributed by atoms with van der Waals surface area (Å²) in [6.45, 7) is 3.74. The molecule has 1 aliphatic rings. The average molecular weight is 256 g/mol. The molecule has 5 heteroatoms. The maximum Gasteiger partial charge on any atom is 0.416 e. The highest BCUT2D eigenvalue weighted by atomic mass is 19.4. The third kappa shape index (κ3) is 3.50. The van der Waals surface area contributed by atoms with Gasteiger partial charge in [0.1, 0.15) is 0 Å². The second-order valence-corrected chi connectivity index (χ2v) is 4.22. The molecule has 0 unspecified atom stereocenters. The van der Waals surface area contributed by atoms with Gasteiger partial charge in [0.25, 0.3) is 0 Å². The lowest BCUT2D eigenvalue weighted by Crippen LogP contribution is -2.40. The molecule has 0 spiro atoms. The fourth-order valence-electron chi connectivity index (χ4n) is 1.81. The molecule has 2 rings (SSSR count). The van der Waals surface area contributed by atoms with Gasteiger partial charge < -0.3 is 10.2 Å². The van der Waals surface area contributed by atoms with Crippen LogP contribution in [0, 0.1) is 0 Å². The van der Waals surface area contributed by atoms with Crippen LogP contribution in [0.15, 0.2) is 30.5 Å². The Morgan fingerprint density at radius 1 is 1.06 bits per heavy atom. The number of hydrogen-bond acceptors (Lipinski definition) is 2. The topological polar surface area (TPSA) is 15.3 Å². The fourth-order valence-corrected chi connectivity index (χ4v) is 1.81. The molecule has 0 saturated carbocycles. The number of nitrogens with one attached hydrogen (secondary N) is 1. The number of nitrogens with zero attached hydrogens (tertiary/aromatic N) is 1. The first kappa shape index (κ1) is 13.0. The zero-order valence-corrected chi connectivity index (χ0v) is 9.87. The van der Waals surface area contributed by atoms with Crippen molar-refractivity contribution in [3.8, 4) is 0 Å². The normalized spacial score (nSPS) is 17.4. The Kier molecular flexibility index (Phi) is 3.91. The fraction of sp³-hybridized carbons (Fsp3) is 0.385. The third-order valence-electron chi connectivity index (χ3n) is 2.87. The Labute approximate surface area is 104 Å². The van der Waals surface area contributed by atoms with Gasteiger partial charge in [-0.1, -0.05) is 12.1 Å². The summed E-state index contributed by atoms with van der Waals surface area (Å²) in [6.07, 6.45) is -0.490. The van der Waals surface area contributed by atoms with Crippen LogP contribution in [0.2, 0.25) is 0 Å². The van der Waals surface area contributed by atoms with Crippen molar-refractivity contribution in [1.82, 2.24) is 10.2 Å². The average Bonchev–Trinajstić information content (AvgIpc) is 2.37. The molecule has 1 aromatic rings. The SMILES string of the molecule is FC(F)(F)c1ccc(C=CN2CCNCC2)cc1. The van der Waals surface area contributed by atoms with E-state index in [9.17, 15) is 13.2 Å². The number of hydrogen-bond donors (Lipinski definition) is 1. The van der Waals surface area contributed by atoms with Gasteiger partial charge in [0.15, 0.2) is 0 Å². The summed E-state index contributed by atoms with van der Waals surface area (Å²) in [4.78, 5) is 2.15. The van der Waals surface area contributed by atoms with Gasteiger partial charge in [-0.15, -0.1) is 0 Å². The van der Waals surface area contributed by atoms with Crippen molar-refractivity contribution in [2.24, 2.45) is 0 Å². The van der Waals surface area contributed by atoms with Gasteiger partial charge in [-0.25, -0.2) is 0 Å². The minimum absolute atomic E-state index is 0.609. The summed E-state index contributed by atoms with van der Waals surface area (Å²) in [6, 6.07) is 5.19. The molecule has 1 N–H and O–H groups in total. The van der Waals surface area contributed by atoms with Gasteiger partial charge in [0.05, 0.1) is 5.56 Å². The second kappa shape index (κ2) is 5.44. The molecule has 0 atom stereocenters. The molecule has 2 nitrogen and oxygen atoms in total. The molecule has 0 aromatic heterocycles. The number of piperazine rings is 1. The van der Waals surface area contributed by atoms with Crippen molar-refractivity contribution in [3.63, 3.8) is 0 Å². The van der Waals surface area contributed by atoms with Crippen LogP contribution in [0.4, 0.5) is 13.2 Å². The van der Waals surface area contributed by atoms with Crippen LogP contribution in [0.5, 0.6) is 0 Å². The number of benzene rings is 1. The summed E-state index contributed by atoms with van der Waals surface area (Å²) in [5.41, 5.74) is 0.170. The minimum atomic E-state index is -4.26. The van der Waals surface area contributed by atoms with E-state index < -0.39 is 11.7 Å². The Hall–Kier alpha value is -1.49.